The molecule has 180 valence electrons. The number of carbonyl (C=O) groups excluding carboxylic acids is 3. The molecule has 35 heavy (non-hydrogen) atoms. The van der Waals surface area contributed by atoms with Gasteiger partial charge in [-0.05, 0) is 79.1 Å². The molecule has 0 aliphatic carbocycles. The van der Waals surface area contributed by atoms with Gasteiger partial charge in [0.05, 0.1) is 13.3 Å². The highest BCUT2D eigenvalue weighted by Gasteiger charge is 2.13. The fourth-order valence-corrected chi connectivity index (χ4v) is 3.16. The van der Waals surface area contributed by atoms with Crippen molar-refractivity contribution in [3.05, 3.63) is 83.4 Å². The van der Waals surface area contributed by atoms with Crippen LogP contribution in [0.1, 0.15) is 16.7 Å². The first-order valence-electron chi connectivity index (χ1n) is 10.7. The number of carbonyl (C=O) groups is 3. The maximum Gasteiger partial charge on any atom is 0.329 e. The smallest absolute Gasteiger partial charge is 0.329 e. The van der Waals surface area contributed by atoms with Gasteiger partial charge >= 0.3 is 11.8 Å². The molecule has 0 heterocycles. The molecule has 3 aromatic rings. The Morgan fingerprint density at radius 1 is 0.829 bits per heavy atom. The fraction of sp³-hybridized carbons (Fsp3) is 0.154. The van der Waals surface area contributed by atoms with Crippen molar-refractivity contribution in [2.24, 2.45) is 5.10 Å². The summed E-state index contributed by atoms with van der Waals surface area (Å²) in [5.74, 6) is -0.991. The van der Waals surface area contributed by atoms with E-state index in [1.54, 1.807) is 48.5 Å². The van der Waals surface area contributed by atoms with E-state index in [4.69, 9.17) is 9.47 Å². The molecule has 0 aromatic heterocycles. The number of ether oxygens (including phenoxy) is 2. The van der Waals surface area contributed by atoms with Gasteiger partial charge in [0.1, 0.15) is 11.5 Å². The minimum absolute atomic E-state index is 0.171. The van der Waals surface area contributed by atoms with Gasteiger partial charge < -0.3 is 20.1 Å². The van der Waals surface area contributed by atoms with E-state index >= 15 is 0 Å². The van der Waals surface area contributed by atoms with E-state index in [2.05, 4.69) is 21.2 Å². The second-order valence-corrected chi connectivity index (χ2v) is 7.67. The minimum atomic E-state index is -0.924. The quantitative estimate of drug-likeness (QED) is 0.263. The molecule has 0 aliphatic heterocycles. The molecule has 0 saturated heterocycles. The first kappa shape index (κ1) is 25.0. The normalized spacial score (nSPS) is 10.5. The topological polar surface area (TPSA) is 118 Å². The van der Waals surface area contributed by atoms with Crippen LogP contribution in [0.15, 0.2) is 71.8 Å². The van der Waals surface area contributed by atoms with Crippen LogP contribution in [0.25, 0.3) is 0 Å². The summed E-state index contributed by atoms with van der Waals surface area (Å²) in [5, 5.41) is 9.07. The molecule has 3 aromatic carbocycles. The van der Waals surface area contributed by atoms with Crippen LogP contribution in [0.5, 0.6) is 11.5 Å². The number of methoxy groups -OCH3 is 1. The first-order valence-corrected chi connectivity index (χ1v) is 10.7. The van der Waals surface area contributed by atoms with Crippen molar-refractivity contribution in [3.63, 3.8) is 0 Å². The van der Waals surface area contributed by atoms with Crippen molar-refractivity contribution in [1.29, 1.82) is 0 Å². The Kier molecular flexibility index (Phi) is 8.55. The highest BCUT2D eigenvalue weighted by atomic mass is 16.5. The number of hydrogen-bond donors (Lipinski definition) is 3. The number of amides is 3. The highest BCUT2D eigenvalue weighted by molar-refractivity contribution is 6.39. The zero-order chi connectivity index (χ0) is 25.2. The van der Waals surface area contributed by atoms with Crippen LogP contribution in [-0.4, -0.2) is 37.7 Å². The minimum Gasteiger partial charge on any atom is -0.497 e. The lowest BCUT2D eigenvalue weighted by Crippen LogP contribution is -2.32. The Balaban J connectivity index is 1.48. The van der Waals surface area contributed by atoms with Gasteiger partial charge in [-0.3, -0.25) is 14.4 Å². The van der Waals surface area contributed by atoms with Crippen molar-refractivity contribution in [2.75, 3.05) is 24.4 Å². The molecule has 0 unspecified atom stereocenters. The molecule has 9 nitrogen and oxygen atoms in total. The third-order valence-corrected chi connectivity index (χ3v) is 4.67. The average molecular weight is 475 g/mol. The third kappa shape index (κ3) is 8.01. The summed E-state index contributed by atoms with van der Waals surface area (Å²) < 4.78 is 10.6. The summed E-state index contributed by atoms with van der Waals surface area (Å²) in [6, 6.07) is 19.1. The predicted molar refractivity (Wildman–Crippen MR) is 134 cm³/mol. The molecular formula is C26H26N4O5. The van der Waals surface area contributed by atoms with Gasteiger partial charge in [-0.25, -0.2) is 5.43 Å². The number of rotatable bonds is 8. The average Bonchev–Trinajstić information content (AvgIpc) is 2.83. The van der Waals surface area contributed by atoms with Gasteiger partial charge in [0, 0.05) is 11.4 Å². The van der Waals surface area contributed by atoms with Crippen LogP contribution in [0, 0.1) is 13.8 Å². The summed E-state index contributed by atoms with van der Waals surface area (Å²) in [7, 11) is 1.53. The molecule has 0 aliphatic rings. The molecule has 3 rings (SSSR count). The molecule has 0 bridgehead atoms. The van der Waals surface area contributed by atoms with Crippen molar-refractivity contribution >= 4 is 35.3 Å². The number of benzene rings is 3. The Morgan fingerprint density at radius 3 is 2.23 bits per heavy atom. The summed E-state index contributed by atoms with van der Waals surface area (Å²) in [6.45, 7) is 3.75. The van der Waals surface area contributed by atoms with Crippen LogP contribution in [0.4, 0.5) is 11.4 Å². The van der Waals surface area contributed by atoms with Crippen LogP contribution in [0.3, 0.4) is 0 Å². The standard InChI is InChI=1S/C26H26N4O5/c1-17-11-18(2)13-21(12-17)28-24(31)16-35-23-6-4-5-19(14-23)15-27-30-26(33)25(32)29-20-7-9-22(34-3)10-8-20/h4-15H,16H2,1-3H3,(H,28,31)(H,29,32)(H,30,33)/b27-15-. The van der Waals surface area contributed by atoms with Crippen LogP contribution >= 0.6 is 0 Å². The molecule has 0 atom stereocenters. The second-order valence-electron chi connectivity index (χ2n) is 7.67. The maximum atomic E-state index is 12.2. The molecule has 0 fully saturated rings. The Morgan fingerprint density at radius 2 is 1.54 bits per heavy atom. The summed E-state index contributed by atoms with van der Waals surface area (Å²) >= 11 is 0. The van der Waals surface area contributed by atoms with E-state index in [-0.39, 0.29) is 12.5 Å². The third-order valence-electron chi connectivity index (χ3n) is 4.67. The van der Waals surface area contributed by atoms with E-state index < -0.39 is 11.8 Å². The molecule has 0 saturated carbocycles. The lowest BCUT2D eigenvalue weighted by atomic mass is 10.1. The van der Waals surface area contributed by atoms with E-state index in [0.29, 0.717) is 28.4 Å². The van der Waals surface area contributed by atoms with Crippen molar-refractivity contribution < 1.29 is 23.9 Å². The SMILES string of the molecule is COc1ccc(NC(=O)C(=O)N/N=C\c2cccc(OCC(=O)Nc3cc(C)cc(C)c3)c2)cc1. The van der Waals surface area contributed by atoms with Crippen LogP contribution in [0.2, 0.25) is 0 Å². The van der Waals surface area contributed by atoms with Gasteiger partial charge in [0.2, 0.25) is 0 Å². The first-order chi connectivity index (χ1) is 16.8. The van der Waals surface area contributed by atoms with E-state index in [1.807, 2.05) is 32.0 Å². The van der Waals surface area contributed by atoms with Gasteiger partial charge in [0.15, 0.2) is 6.61 Å². The number of nitrogens with zero attached hydrogens (tertiary/aromatic N) is 1. The number of aryl methyl sites for hydroxylation is 2. The lowest BCUT2D eigenvalue weighted by Gasteiger charge is -2.09. The second kappa shape index (κ2) is 12.0. The fourth-order valence-electron chi connectivity index (χ4n) is 3.16. The van der Waals surface area contributed by atoms with Crippen molar-refractivity contribution in [3.8, 4) is 11.5 Å². The molecule has 3 N–H and O–H groups in total. The van der Waals surface area contributed by atoms with Gasteiger partial charge in [-0.2, -0.15) is 5.10 Å². The number of hydrogen-bond acceptors (Lipinski definition) is 6. The lowest BCUT2D eigenvalue weighted by molar-refractivity contribution is -0.136. The van der Waals surface area contributed by atoms with Gasteiger partial charge in [-0.1, -0.05) is 18.2 Å². The van der Waals surface area contributed by atoms with Gasteiger partial charge in [0.25, 0.3) is 5.91 Å². The van der Waals surface area contributed by atoms with E-state index in [0.717, 1.165) is 11.1 Å². The molecule has 0 radical (unpaired) electrons. The zero-order valence-corrected chi connectivity index (χ0v) is 19.6. The van der Waals surface area contributed by atoms with Crippen molar-refractivity contribution in [1.82, 2.24) is 5.43 Å². The largest absolute Gasteiger partial charge is 0.497 e. The maximum absolute atomic E-state index is 12.2. The Labute approximate surface area is 203 Å². The van der Waals surface area contributed by atoms with E-state index in [1.165, 1.54) is 13.3 Å². The highest BCUT2D eigenvalue weighted by Crippen LogP contribution is 2.16. The van der Waals surface area contributed by atoms with E-state index in [9.17, 15) is 14.4 Å². The molecule has 3 amide bonds. The monoisotopic (exact) mass is 474 g/mol. The summed E-state index contributed by atoms with van der Waals surface area (Å²) in [4.78, 5) is 36.2. The van der Waals surface area contributed by atoms with Crippen molar-refractivity contribution in [2.45, 2.75) is 13.8 Å². The number of nitrogens with one attached hydrogen (secondary N) is 3. The summed E-state index contributed by atoms with van der Waals surface area (Å²) in [6.07, 6.45) is 1.36. The van der Waals surface area contributed by atoms with Gasteiger partial charge in [-0.15, -0.1) is 0 Å². The Hall–Kier alpha value is -4.66. The predicted octanol–water partition coefficient (Wildman–Crippen LogP) is 3.42. The number of anilines is 2. The Bertz CT molecular complexity index is 1220. The number of hydrazone groups is 1. The summed E-state index contributed by atoms with van der Waals surface area (Å²) in [5.41, 5.74) is 6.04. The van der Waals surface area contributed by atoms with Crippen LogP contribution in [-0.2, 0) is 14.4 Å². The molecule has 0 spiro atoms. The zero-order valence-electron chi connectivity index (χ0n) is 19.6. The molecular weight excluding hydrogens is 448 g/mol. The van der Waals surface area contributed by atoms with Crippen LogP contribution < -0.4 is 25.5 Å². The molecule has 9 heteroatoms.